The van der Waals surface area contributed by atoms with Crippen LogP contribution in [-0.2, 0) is 21.4 Å². The Morgan fingerprint density at radius 1 is 1.34 bits per heavy atom. The molecule has 3 heterocycles. The Labute approximate surface area is 208 Å². The fourth-order valence-corrected chi connectivity index (χ4v) is 5.38. The van der Waals surface area contributed by atoms with Crippen molar-refractivity contribution in [2.24, 2.45) is 0 Å². The number of ether oxygens (including phenoxy) is 1. The molecule has 1 aliphatic heterocycles. The quantitative estimate of drug-likeness (QED) is 0.482. The number of piperidine rings is 1. The third kappa shape index (κ3) is 5.26. The average Bonchev–Trinajstić information content (AvgIpc) is 3.15. The Morgan fingerprint density at radius 3 is 2.71 bits per heavy atom. The van der Waals surface area contributed by atoms with E-state index in [1.54, 1.807) is 13.2 Å². The van der Waals surface area contributed by atoms with E-state index >= 15 is 4.39 Å². The normalized spacial score (nSPS) is 19.5. The zero-order chi connectivity index (χ0) is 25.5. The number of anilines is 1. The molecule has 0 saturated carbocycles. The van der Waals surface area contributed by atoms with Crippen LogP contribution in [0.4, 0.5) is 10.3 Å². The summed E-state index contributed by atoms with van der Waals surface area (Å²) in [5, 5.41) is 13.8. The second-order valence-electron chi connectivity index (χ2n) is 8.87. The largest absolute Gasteiger partial charge is 0.390 e. The number of aliphatic hydroxyl groups excluding tert-OH is 1. The minimum absolute atomic E-state index is 0.0113. The van der Waals surface area contributed by atoms with Gasteiger partial charge in [-0.05, 0) is 32.4 Å². The predicted molar refractivity (Wildman–Crippen MR) is 131 cm³/mol. The third-order valence-corrected chi connectivity index (χ3v) is 7.50. The minimum atomic E-state index is -3.39. The number of halogens is 2. The molecule has 2 aromatic heterocycles. The highest BCUT2D eigenvalue weighted by Gasteiger charge is 2.32. The number of benzene rings is 1. The second-order valence-corrected chi connectivity index (χ2v) is 11.3. The van der Waals surface area contributed by atoms with Crippen molar-refractivity contribution in [1.82, 2.24) is 23.8 Å². The summed E-state index contributed by atoms with van der Waals surface area (Å²) < 4.78 is 47.0. The van der Waals surface area contributed by atoms with Crippen molar-refractivity contribution in [2.75, 3.05) is 31.8 Å². The smallest absolute Gasteiger partial charge is 0.223 e. The fourth-order valence-electron chi connectivity index (χ4n) is 4.32. The van der Waals surface area contributed by atoms with Crippen LogP contribution in [0.1, 0.15) is 32.1 Å². The molecule has 1 saturated heterocycles. The second kappa shape index (κ2) is 9.94. The number of sulfonamides is 1. The van der Waals surface area contributed by atoms with Crippen LogP contribution in [0.5, 0.6) is 0 Å². The first-order valence-electron chi connectivity index (χ1n) is 11.1. The molecule has 0 spiro atoms. The van der Waals surface area contributed by atoms with Gasteiger partial charge in [-0.3, -0.25) is 0 Å². The number of rotatable bonds is 7. The molecular formula is C22H28ClFN6O4S. The number of methoxy groups -OCH3 is 1. The maximum absolute atomic E-state index is 15.1. The number of nitrogens with zero attached hydrogens (tertiary/aromatic N) is 5. The van der Waals surface area contributed by atoms with E-state index in [2.05, 4.69) is 20.3 Å². The summed E-state index contributed by atoms with van der Waals surface area (Å²) in [7, 11) is -1.83. The highest BCUT2D eigenvalue weighted by molar-refractivity contribution is 7.88. The summed E-state index contributed by atoms with van der Waals surface area (Å²) >= 11 is 6.39. The maximum atomic E-state index is 15.1. The van der Waals surface area contributed by atoms with Crippen LogP contribution in [0.25, 0.3) is 22.3 Å². The first-order valence-corrected chi connectivity index (χ1v) is 13.3. The molecule has 190 valence electrons. The van der Waals surface area contributed by atoms with Crippen LogP contribution in [0, 0.1) is 5.82 Å². The van der Waals surface area contributed by atoms with Crippen LogP contribution in [0.3, 0.4) is 0 Å². The molecule has 0 unspecified atom stereocenters. The highest BCUT2D eigenvalue weighted by atomic mass is 35.5. The molecule has 1 fully saturated rings. The zero-order valence-corrected chi connectivity index (χ0v) is 21.4. The highest BCUT2D eigenvalue weighted by Crippen LogP contribution is 2.33. The van der Waals surface area contributed by atoms with Gasteiger partial charge >= 0.3 is 0 Å². The lowest BCUT2D eigenvalue weighted by Crippen LogP contribution is -2.51. The molecule has 2 atom stereocenters. The summed E-state index contributed by atoms with van der Waals surface area (Å²) in [4.78, 5) is 13.1. The van der Waals surface area contributed by atoms with Crippen molar-refractivity contribution in [3.63, 3.8) is 0 Å². The van der Waals surface area contributed by atoms with Crippen molar-refractivity contribution in [3.05, 3.63) is 35.0 Å². The van der Waals surface area contributed by atoms with Crippen LogP contribution in [0.2, 0.25) is 5.02 Å². The van der Waals surface area contributed by atoms with Crippen LogP contribution >= 0.6 is 11.6 Å². The molecule has 1 aliphatic rings. The summed E-state index contributed by atoms with van der Waals surface area (Å²) in [6.45, 7) is 4.43. The van der Waals surface area contributed by atoms with Gasteiger partial charge in [-0.1, -0.05) is 11.6 Å². The standard InChI is InChI=1S/C22H28ClFN6O4S/c1-12(2)30-17-8-13(7-15(24)21(17)27-19(30)11-34-3)20-14(23)9-25-22(28-20)26-16-5-6-29(10-18(16)31)35(4,32)33/h7-9,12,16,18,31H,5-6,10-11H2,1-4H3,(H,25,26,28)/t16-,18-/m1/s1. The number of imidazole rings is 1. The van der Waals surface area contributed by atoms with E-state index < -0.39 is 28.0 Å². The van der Waals surface area contributed by atoms with Crippen LogP contribution in [0.15, 0.2) is 18.3 Å². The lowest BCUT2D eigenvalue weighted by atomic mass is 10.0. The molecule has 0 amide bonds. The molecular weight excluding hydrogens is 499 g/mol. The number of fused-ring (bicyclic) bond motifs is 1. The molecule has 0 bridgehead atoms. The summed E-state index contributed by atoms with van der Waals surface area (Å²) in [5.41, 5.74) is 1.59. The third-order valence-electron chi connectivity index (χ3n) is 5.96. The maximum Gasteiger partial charge on any atom is 0.223 e. The molecule has 1 aromatic carbocycles. The first kappa shape index (κ1) is 25.7. The molecule has 4 rings (SSSR count). The van der Waals surface area contributed by atoms with Gasteiger partial charge in [0.15, 0.2) is 5.82 Å². The zero-order valence-electron chi connectivity index (χ0n) is 19.9. The van der Waals surface area contributed by atoms with Gasteiger partial charge in [0.2, 0.25) is 16.0 Å². The van der Waals surface area contributed by atoms with Gasteiger partial charge in [-0.2, -0.15) is 4.31 Å². The fraction of sp³-hybridized carbons (Fsp3) is 0.500. The van der Waals surface area contributed by atoms with Gasteiger partial charge in [-0.15, -0.1) is 0 Å². The van der Waals surface area contributed by atoms with Gasteiger partial charge in [0.05, 0.1) is 40.8 Å². The Bertz CT molecular complexity index is 1350. The van der Waals surface area contributed by atoms with E-state index in [0.29, 0.717) is 29.0 Å². The Morgan fingerprint density at radius 2 is 2.09 bits per heavy atom. The van der Waals surface area contributed by atoms with E-state index in [1.807, 2.05) is 18.4 Å². The van der Waals surface area contributed by atoms with Crippen LogP contribution < -0.4 is 5.32 Å². The summed E-state index contributed by atoms with van der Waals surface area (Å²) in [5.74, 6) is 0.292. The molecule has 13 heteroatoms. The van der Waals surface area contributed by atoms with Crippen molar-refractivity contribution in [2.45, 2.75) is 45.1 Å². The molecule has 0 aliphatic carbocycles. The SMILES string of the molecule is COCc1nc2c(F)cc(-c3nc(N[C@@H]4CCN(S(C)(=O)=O)C[C@H]4O)ncc3Cl)cc2n1C(C)C. The number of hydrogen-bond donors (Lipinski definition) is 2. The van der Waals surface area contributed by atoms with E-state index in [4.69, 9.17) is 16.3 Å². The van der Waals surface area contributed by atoms with Crippen molar-refractivity contribution in [1.29, 1.82) is 0 Å². The van der Waals surface area contributed by atoms with Crippen molar-refractivity contribution < 1.29 is 22.7 Å². The molecule has 2 N–H and O–H groups in total. The Hall–Kier alpha value is -2.38. The molecule has 10 nitrogen and oxygen atoms in total. The van der Waals surface area contributed by atoms with E-state index in [9.17, 15) is 13.5 Å². The van der Waals surface area contributed by atoms with Gasteiger partial charge in [0.25, 0.3) is 0 Å². The number of aliphatic hydroxyl groups is 1. The van der Waals surface area contributed by atoms with E-state index in [0.717, 1.165) is 6.26 Å². The lowest BCUT2D eigenvalue weighted by molar-refractivity contribution is 0.0950. The lowest BCUT2D eigenvalue weighted by Gasteiger charge is -2.34. The Kier molecular flexibility index (Phi) is 7.30. The molecule has 3 aromatic rings. The Balaban J connectivity index is 1.67. The van der Waals surface area contributed by atoms with Gasteiger partial charge in [-0.25, -0.2) is 27.8 Å². The number of β-amino-alcohol motifs (C(OH)–C–C–N with tert-alkyl or cyclic N) is 1. The number of aromatic nitrogens is 4. The topological polar surface area (TPSA) is 122 Å². The van der Waals surface area contributed by atoms with Crippen molar-refractivity contribution in [3.8, 4) is 11.3 Å². The van der Waals surface area contributed by atoms with Gasteiger partial charge < -0.3 is 19.7 Å². The summed E-state index contributed by atoms with van der Waals surface area (Å²) in [6.07, 6.45) is 1.94. The van der Waals surface area contributed by atoms with E-state index in [-0.39, 0.29) is 42.2 Å². The number of hydrogen-bond acceptors (Lipinski definition) is 8. The van der Waals surface area contributed by atoms with Crippen LogP contribution in [-0.4, -0.2) is 75.9 Å². The molecule has 35 heavy (non-hydrogen) atoms. The predicted octanol–water partition coefficient (Wildman–Crippen LogP) is 2.82. The number of nitrogens with one attached hydrogen (secondary N) is 1. The monoisotopic (exact) mass is 526 g/mol. The van der Waals surface area contributed by atoms with E-state index in [1.165, 1.54) is 16.6 Å². The average molecular weight is 527 g/mol. The van der Waals surface area contributed by atoms with Gasteiger partial charge in [0.1, 0.15) is 17.9 Å². The first-order chi connectivity index (χ1) is 16.5. The minimum Gasteiger partial charge on any atom is -0.390 e. The van der Waals surface area contributed by atoms with Gasteiger partial charge in [0, 0.05) is 31.8 Å². The van der Waals surface area contributed by atoms with Crippen molar-refractivity contribution >= 4 is 38.6 Å². The summed E-state index contributed by atoms with van der Waals surface area (Å²) in [6, 6.07) is 2.66. The molecule has 0 radical (unpaired) electrons.